The van der Waals surface area contributed by atoms with Crippen LogP contribution in [0, 0.1) is 0 Å². The Morgan fingerprint density at radius 3 is 2.37 bits per heavy atom. The Hall–Kier alpha value is -4.09. The molecule has 0 saturated carbocycles. The lowest BCUT2D eigenvalue weighted by atomic mass is 9.83. The number of esters is 1. The summed E-state index contributed by atoms with van der Waals surface area (Å²) in [5.74, 6) is 1.06. The van der Waals surface area contributed by atoms with E-state index in [4.69, 9.17) is 33.8 Å². The van der Waals surface area contributed by atoms with Crippen LogP contribution in [-0.2, 0) is 25.6 Å². The topological polar surface area (TPSA) is 125 Å². The molecule has 0 fully saturated rings. The molecule has 11 heteroatoms. The van der Waals surface area contributed by atoms with E-state index in [1.807, 2.05) is 36.4 Å². The molecule has 4 rings (SSSR count). The van der Waals surface area contributed by atoms with E-state index in [-0.39, 0.29) is 31.9 Å². The minimum atomic E-state index is -1.53. The van der Waals surface area contributed by atoms with Crippen molar-refractivity contribution in [1.29, 1.82) is 0 Å². The highest BCUT2D eigenvalue weighted by Crippen LogP contribution is 2.44. The molecule has 1 heterocycles. The smallest absolute Gasteiger partial charge is 0.306 e. The number of rotatable bonds is 14. The number of methoxy groups -OCH3 is 2. The van der Waals surface area contributed by atoms with E-state index in [0.717, 1.165) is 4.47 Å². The van der Waals surface area contributed by atoms with E-state index in [0.29, 0.717) is 47.0 Å². The van der Waals surface area contributed by atoms with Crippen LogP contribution in [0.3, 0.4) is 0 Å². The number of hydrogen-bond donors (Lipinski definition) is 2. The van der Waals surface area contributed by atoms with Crippen LogP contribution in [0.4, 0.5) is 0 Å². The minimum absolute atomic E-state index is 0.0234. The summed E-state index contributed by atoms with van der Waals surface area (Å²) in [7, 11) is 3.09. The number of para-hydroxylation sites is 1. The fourth-order valence-electron chi connectivity index (χ4n) is 5.11. The molecule has 246 valence electrons. The minimum Gasteiger partial charge on any atom is -0.494 e. The van der Waals surface area contributed by atoms with Crippen LogP contribution in [0.15, 0.2) is 76.2 Å². The second-order valence-corrected chi connectivity index (χ2v) is 12.7. The fourth-order valence-corrected chi connectivity index (χ4v) is 5.38. The average Bonchev–Trinajstić information content (AvgIpc) is 3.43. The normalized spacial score (nSPS) is 17.5. The van der Waals surface area contributed by atoms with E-state index in [1.165, 1.54) is 0 Å². The summed E-state index contributed by atoms with van der Waals surface area (Å²) in [5, 5.41) is 12.1. The molecular weight excluding hydrogens is 656 g/mol. The molecule has 1 amide bonds. The molecular formula is C35H41BrN2O8. The van der Waals surface area contributed by atoms with E-state index < -0.39 is 29.1 Å². The largest absolute Gasteiger partial charge is 0.494 e. The highest BCUT2D eigenvalue weighted by atomic mass is 79.9. The summed E-state index contributed by atoms with van der Waals surface area (Å²) >= 11 is 3.49. The van der Waals surface area contributed by atoms with Gasteiger partial charge in [-0.05, 0) is 75.2 Å². The van der Waals surface area contributed by atoms with Crippen LogP contribution in [0.1, 0.15) is 62.8 Å². The number of nitrogens with one attached hydrogen (secondary N) is 1. The number of amides is 1. The summed E-state index contributed by atoms with van der Waals surface area (Å²) in [4.78, 5) is 32.4. The van der Waals surface area contributed by atoms with Gasteiger partial charge in [-0.2, -0.15) is 0 Å². The van der Waals surface area contributed by atoms with Crippen molar-refractivity contribution >= 4 is 33.7 Å². The first-order chi connectivity index (χ1) is 22.0. The molecule has 0 spiro atoms. The molecule has 46 heavy (non-hydrogen) atoms. The average molecular weight is 698 g/mol. The summed E-state index contributed by atoms with van der Waals surface area (Å²) in [6, 6.07) is 20.1. The van der Waals surface area contributed by atoms with Crippen molar-refractivity contribution in [3.05, 3.63) is 87.9 Å². The standard InChI is InChI=1S/C35H41BrN2O8/c1-34(2,3)46-29(40)18-19-35(33(41)37-22-25-8-6-9-28(42-4)30(25)43-5)31(23-10-14-26(36)15-11-23)45-32(38-35)24-12-16-27(17-13-24)44-21-7-20-39/h6,8-17,31,39H,7,18-22H2,1-5H3,(H,37,41)/t31-,35-/m1/s1. The quantitative estimate of drug-likeness (QED) is 0.157. The number of aliphatic imine (C=N–C) groups is 1. The summed E-state index contributed by atoms with van der Waals surface area (Å²) in [5.41, 5.74) is -0.162. The number of nitrogens with zero attached hydrogens (tertiary/aromatic N) is 1. The molecule has 3 aromatic rings. The third kappa shape index (κ3) is 8.58. The maximum atomic E-state index is 14.4. The summed E-state index contributed by atoms with van der Waals surface area (Å²) in [6.45, 7) is 5.93. The molecule has 0 saturated heterocycles. The van der Waals surface area contributed by atoms with Gasteiger partial charge >= 0.3 is 5.97 Å². The number of carbonyl (C=O) groups excluding carboxylic acids is 2. The first kappa shape index (κ1) is 34.8. The van der Waals surface area contributed by atoms with Crippen molar-refractivity contribution in [3.8, 4) is 17.2 Å². The van der Waals surface area contributed by atoms with Crippen LogP contribution in [0.2, 0.25) is 0 Å². The number of halogens is 1. The molecule has 0 unspecified atom stereocenters. The van der Waals surface area contributed by atoms with Crippen LogP contribution in [-0.4, -0.2) is 61.5 Å². The zero-order valence-electron chi connectivity index (χ0n) is 26.8. The Morgan fingerprint density at radius 2 is 1.74 bits per heavy atom. The highest BCUT2D eigenvalue weighted by molar-refractivity contribution is 9.10. The molecule has 1 aliphatic rings. The summed E-state index contributed by atoms with van der Waals surface area (Å²) in [6.07, 6.45) is -0.387. The highest BCUT2D eigenvalue weighted by Gasteiger charge is 2.53. The maximum Gasteiger partial charge on any atom is 0.306 e. The second kappa shape index (κ2) is 15.5. The number of aliphatic hydroxyl groups excluding tert-OH is 1. The number of carbonyl (C=O) groups is 2. The predicted octanol–water partition coefficient (Wildman–Crippen LogP) is 5.92. The molecule has 0 aliphatic carbocycles. The van der Waals surface area contributed by atoms with E-state index in [1.54, 1.807) is 65.3 Å². The number of hydrogen-bond acceptors (Lipinski definition) is 9. The Balaban J connectivity index is 1.74. The van der Waals surface area contributed by atoms with Gasteiger partial charge in [0, 0.05) is 41.6 Å². The van der Waals surface area contributed by atoms with Crippen LogP contribution < -0.4 is 19.5 Å². The molecule has 2 N–H and O–H groups in total. The Kier molecular flexibility index (Phi) is 11.7. The van der Waals surface area contributed by atoms with Gasteiger partial charge in [-0.3, -0.25) is 9.59 Å². The second-order valence-electron chi connectivity index (χ2n) is 11.8. The Bertz CT molecular complexity index is 1520. The van der Waals surface area contributed by atoms with E-state index in [9.17, 15) is 9.59 Å². The van der Waals surface area contributed by atoms with Gasteiger partial charge in [0.05, 0.1) is 20.8 Å². The molecule has 3 aromatic carbocycles. The molecule has 1 aliphatic heterocycles. The van der Waals surface area contributed by atoms with Crippen molar-refractivity contribution in [2.75, 3.05) is 27.4 Å². The Morgan fingerprint density at radius 1 is 1.02 bits per heavy atom. The zero-order valence-corrected chi connectivity index (χ0v) is 28.4. The first-order valence-electron chi connectivity index (χ1n) is 15.1. The number of benzene rings is 3. The van der Waals surface area contributed by atoms with Gasteiger partial charge in [-0.25, -0.2) is 4.99 Å². The van der Waals surface area contributed by atoms with Crippen molar-refractivity contribution < 1.29 is 38.4 Å². The molecule has 10 nitrogen and oxygen atoms in total. The van der Waals surface area contributed by atoms with Gasteiger partial charge < -0.3 is 34.1 Å². The van der Waals surface area contributed by atoms with E-state index >= 15 is 0 Å². The molecule has 2 atom stereocenters. The van der Waals surface area contributed by atoms with Crippen LogP contribution in [0.25, 0.3) is 0 Å². The number of ether oxygens (including phenoxy) is 5. The third-order valence-electron chi connectivity index (χ3n) is 7.26. The van der Waals surface area contributed by atoms with Gasteiger partial charge in [0.1, 0.15) is 11.4 Å². The lowest BCUT2D eigenvalue weighted by Crippen LogP contribution is -2.48. The van der Waals surface area contributed by atoms with Gasteiger partial charge in [0.25, 0.3) is 5.91 Å². The monoisotopic (exact) mass is 696 g/mol. The third-order valence-corrected chi connectivity index (χ3v) is 7.79. The van der Waals surface area contributed by atoms with Gasteiger partial charge in [-0.1, -0.05) is 40.2 Å². The van der Waals surface area contributed by atoms with Crippen LogP contribution >= 0.6 is 15.9 Å². The van der Waals surface area contributed by atoms with Gasteiger partial charge in [-0.15, -0.1) is 0 Å². The lowest BCUT2D eigenvalue weighted by Gasteiger charge is -2.31. The maximum absolute atomic E-state index is 14.4. The van der Waals surface area contributed by atoms with Crippen molar-refractivity contribution in [1.82, 2.24) is 5.32 Å². The SMILES string of the molecule is COc1cccc(CNC(=O)[C@]2(CCC(=O)OC(C)(C)C)N=C(c3ccc(OCCCO)cc3)O[C@@H]2c2ccc(Br)cc2)c1OC. The summed E-state index contributed by atoms with van der Waals surface area (Å²) < 4.78 is 29.7. The molecule has 0 radical (unpaired) electrons. The lowest BCUT2D eigenvalue weighted by molar-refractivity contribution is -0.155. The van der Waals surface area contributed by atoms with Gasteiger partial charge in [0.15, 0.2) is 23.1 Å². The molecule has 0 bridgehead atoms. The van der Waals surface area contributed by atoms with E-state index in [2.05, 4.69) is 21.2 Å². The fraction of sp³-hybridized carbons (Fsp3) is 0.400. The predicted molar refractivity (Wildman–Crippen MR) is 177 cm³/mol. The zero-order chi connectivity index (χ0) is 33.3. The Labute approximate surface area is 278 Å². The van der Waals surface area contributed by atoms with Crippen LogP contribution in [0.5, 0.6) is 17.2 Å². The van der Waals surface area contributed by atoms with Crippen molar-refractivity contribution in [3.63, 3.8) is 0 Å². The molecule has 0 aromatic heterocycles. The van der Waals surface area contributed by atoms with Gasteiger partial charge in [0.2, 0.25) is 5.90 Å². The van der Waals surface area contributed by atoms with Crippen molar-refractivity contribution in [2.24, 2.45) is 4.99 Å². The first-order valence-corrected chi connectivity index (χ1v) is 15.8. The van der Waals surface area contributed by atoms with Crippen molar-refractivity contribution in [2.45, 2.75) is 63.8 Å². The number of aliphatic hydroxyl groups is 1.